The molecule has 3 aromatic rings. The lowest BCUT2D eigenvalue weighted by Gasteiger charge is -2.11. The largest absolute Gasteiger partial charge is 0.494 e. The molecule has 0 heterocycles. The molecule has 0 saturated carbocycles. The monoisotopic (exact) mass is 394 g/mol. The maximum absolute atomic E-state index is 15.1. The molecule has 0 saturated heterocycles. The zero-order valence-electron chi connectivity index (χ0n) is 18.1. The number of halogens is 1. The Bertz CT molecular complexity index is 915. The number of fused-ring (bicyclic) bond motifs is 3. The molecule has 0 aliphatic rings. The highest BCUT2D eigenvalue weighted by molar-refractivity contribution is 6.08. The average molecular weight is 395 g/mol. The topological polar surface area (TPSA) is 9.23 Å². The smallest absolute Gasteiger partial charge is 0.134 e. The Morgan fingerprint density at radius 3 is 2.17 bits per heavy atom. The summed E-state index contributed by atoms with van der Waals surface area (Å²) in [5.41, 5.74) is 0.852. The molecular weight excluding hydrogens is 359 g/mol. The van der Waals surface area contributed by atoms with E-state index < -0.39 is 0 Å². The molecule has 1 nitrogen and oxygen atoms in total. The van der Waals surface area contributed by atoms with Crippen molar-refractivity contribution in [2.45, 2.75) is 78.1 Å². The predicted molar refractivity (Wildman–Crippen MR) is 124 cm³/mol. The molecule has 156 valence electrons. The van der Waals surface area contributed by atoms with Gasteiger partial charge in [-0.25, -0.2) is 4.39 Å². The Morgan fingerprint density at radius 2 is 1.38 bits per heavy atom. The third-order valence-corrected chi connectivity index (χ3v) is 5.82. The zero-order valence-corrected chi connectivity index (χ0v) is 18.1. The van der Waals surface area contributed by atoms with Crippen LogP contribution in [0, 0.1) is 5.82 Å². The third kappa shape index (κ3) is 5.72. The van der Waals surface area contributed by atoms with E-state index in [1.165, 1.54) is 38.5 Å². The summed E-state index contributed by atoms with van der Waals surface area (Å²) in [7, 11) is 0. The van der Waals surface area contributed by atoms with Crippen LogP contribution in [0.2, 0.25) is 0 Å². The highest BCUT2D eigenvalue weighted by Crippen LogP contribution is 2.31. The van der Waals surface area contributed by atoms with Crippen LogP contribution in [0.4, 0.5) is 4.39 Å². The number of ether oxygens (including phenoxy) is 1. The Kier molecular flexibility index (Phi) is 8.34. The third-order valence-electron chi connectivity index (χ3n) is 5.82. The molecule has 0 atom stereocenters. The van der Waals surface area contributed by atoms with Crippen molar-refractivity contribution in [2.24, 2.45) is 0 Å². The summed E-state index contributed by atoms with van der Waals surface area (Å²) in [6.07, 6.45) is 11.8. The van der Waals surface area contributed by atoms with Gasteiger partial charge >= 0.3 is 0 Å². The lowest BCUT2D eigenvalue weighted by molar-refractivity contribution is 0.310. The van der Waals surface area contributed by atoms with E-state index in [4.69, 9.17) is 4.74 Å². The van der Waals surface area contributed by atoms with Gasteiger partial charge in [0.25, 0.3) is 0 Å². The van der Waals surface area contributed by atoms with E-state index in [0.717, 1.165) is 65.1 Å². The minimum atomic E-state index is -0.0429. The molecule has 0 amide bonds. The summed E-state index contributed by atoms with van der Waals surface area (Å²) in [6, 6.07) is 14.2. The minimum absolute atomic E-state index is 0.0429. The van der Waals surface area contributed by atoms with Gasteiger partial charge < -0.3 is 4.74 Å². The molecule has 0 aromatic heterocycles. The van der Waals surface area contributed by atoms with Crippen LogP contribution in [0.3, 0.4) is 0 Å². The molecule has 0 N–H and O–H groups in total. The van der Waals surface area contributed by atoms with Crippen LogP contribution in [-0.2, 0) is 6.42 Å². The van der Waals surface area contributed by atoms with E-state index in [0.29, 0.717) is 0 Å². The van der Waals surface area contributed by atoms with Crippen LogP contribution in [0.5, 0.6) is 5.75 Å². The normalized spacial score (nSPS) is 11.4. The molecule has 29 heavy (non-hydrogen) atoms. The lowest BCUT2D eigenvalue weighted by Crippen LogP contribution is -1.96. The van der Waals surface area contributed by atoms with Crippen molar-refractivity contribution < 1.29 is 9.13 Å². The molecule has 0 spiro atoms. The molecule has 0 aliphatic carbocycles. The number of hydrogen-bond donors (Lipinski definition) is 0. The first-order valence-corrected chi connectivity index (χ1v) is 11.5. The fourth-order valence-electron chi connectivity index (χ4n) is 4.02. The van der Waals surface area contributed by atoms with Gasteiger partial charge in [-0.3, -0.25) is 0 Å². The van der Waals surface area contributed by atoms with Crippen LogP contribution < -0.4 is 4.74 Å². The van der Waals surface area contributed by atoms with Gasteiger partial charge in [0.05, 0.1) is 6.61 Å². The van der Waals surface area contributed by atoms with Crippen LogP contribution in [0.15, 0.2) is 42.5 Å². The molecule has 0 bridgehead atoms. The molecule has 2 heteroatoms. The highest BCUT2D eigenvalue weighted by atomic mass is 19.1. The fourth-order valence-corrected chi connectivity index (χ4v) is 4.02. The van der Waals surface area contributed by atoms with E-state index in [9.17, 15) is 0 Å². The van der Waals surface area contributed by atoms with Gasteiger partial charge in [-0.2, -0.15) is 0 Å². The average Bonchev–Trinajstić information content (AvgIpc) is 2.74. The Labute approximate surface area is 175 Å². The van der Waals surface area contributed by atoms with Crippen molar-refractivity contribution >= 4 is 21.5 Å². The van der Waals surface area contributed by atoms with Crippen molar-refractivity contribution in [1.29, 1.82) is 0 Å². The second-order valence-corrected chi connectivity index (χ2v) is 8.16. The summed E-state index contributed by atoms with van der Waals surface area (Å²) in [6.45, 7) is 5.14. The standard InChI is InChI=1S/C27H35FO/c1-3-5-7-8-9-10-11-12-21-13-16-25-24-18-15-23(29-19-6-4-2)20-22(24)14-17-26(25)27(21)28/h13-18,20H,3-12,19H2,1-2H3. The van der Waals surface area contributed by atoms with E-state index in [2.05, 4.69) is 32.0 Å². The maximum Gasteiger partial charge on any atom is 0.134 e. The summed E-state index contributed by atoms with van der Waals surface area (Å²) >= 11 is 0. The second-order valence-electron chi connectivity index (χ2n) is 8.16. The number of unbranched alkanes of at least 4 members (excludes halogenated alkanes) is 7. The Morgan fingerprint density at radius 1 is 0.690 bits per heavy atom. The molecule has 3 rings (SSSR count). The van der Waals surface area contributed by atoms with E-state index in [-0.39, 0.29) is 5.82 Å². The molecule has 0 radical (unpaired) electrons. The van der Waals surface area contributed by atoms with E-state index in [1.807, 2.05) is 24.3 Å². The van der Waals surface area contributed by atoms with Crippen molar-refractivity contribution in [1.82, 2.24) is 0 Å². The van der Waals surface area contributed by atoms with Crippen LogP contribution in [-0.4, -0.2) is 6.61 Å². The van der Waals surface area contributed by atoms with Crippen LogP contribution in [0.1, 0.15) is 77.2 Å². The molecule has 3 aromatic carbocycles. The van der Waals surface area contributed by atoms with Gasteiger partial charge in [0.15, 0.2) is 0 Å². The minimum Gasteiger partial charge on any atom is -0.494 e. The van der Waals surface area contributed by atoms with Gasteiger partial charge in [0.2, 0.25) is 0 Å². The first kappa shape index (κ1) is 21.6. The summed E-state index contributed by atoms with van der Waals surface area (Å²) in [4.78, 5) is 0. The molecule has 0 unspecified atom stereocenters. The number of benzene rings is 3. The van der Waals surface area contributed by atoms with E-state index >= 15 is 4.39 Å². The summed E-state index contributed by atoms with van der Waals surface area (Å²) in [5.74, 6) is 0.847. The van der Waals surface area contributed by atoms with Crippen molar-refractivity contribution in [2.75, 3.05) is 6.61 Å². The maximum atomic E-state index is 15.1. The molecule has 0 aliphatic heterocycles. The van der Waals surface area contributed by atoms with Gasteiger partial charge in [0.1, 0.15) is 11.6 Å². The van der Waals surface area contributed by atoms with Crippen molar-refractivity contribution in [3.63, 3.8) is 0 Å². The first-order valence-electron chi connectivity index (χ1n) is 11.5. The van der Waals surface area contributed by atoms with Gasteiger partial charge in [0, 0.05) is 5.39 Å². The van der Waals surface area contributed by atoms with Crippen LogP contribution in [0.25, 0.3) is 21.5 Å². The van der Waals surface area contributed by atoms with Crippen molar-refractivity contribution in [3.05, 3.63) is 53.8 Å². The van der Waals surface area contributed by atoms with Gasteiger partial charge in [-0.05, 0) is 53.1 Å². The fraction of sp³-hybridized carbons (Fsp3) is 0.481. The Balaban J connectivity index is 1.69. The van der Waals surface area contributed by atoms with Gasteiger partial charge in [-0.1, -0.05) is 89.1 Å². The van der Waals surface area contributed by atoms with E-state index in [1.54, 1.807) is 0 Å². The summed E-state index contributed by atoms with van der Waals surface area (Å²) < 4.78 is 21.0. The number of aryl methyl sites for hydroxylation is 1. The second kappa shape index (κ2) is 11.2. The van der Waals surface area contributed by atoms with Crippen LogP contribution >= 0.6 is 0 Å². The number of hydrogen-bond acceptors (Lipinski definition) is 1. The number of rotatable bonds is 12. The van der Waals surface area contributed by atoms with Crippen molar-refractivity contribution in [3.8, 4) is 5.75 Å². The predicted octanol–water partition coefficient (Wildman–Crippen LogP) is 8.60. The highest BCUT2D eigenvalue weighted by Gasteiger charge is 2.10. The first-order chi connectivity index (χ1) is 14.2. The lowest BCUT2D eigenvalue weighted by atomic mass is 9.97. The molecule has 0 fully saturated rings. The summed E-state index contributed by atoms with van der Waals surface area (Å²) in [5, 5.41) is 3.92. The van der Waals surface area contributed by atoms with Gasteiger partial charge in [-0.15, -0.1) is 0 Å². The Hall–Kier alpha value is -2.09. The zero-order chi connectivity index (χ0) is 20.5. The quantitative estimate of drug-likeness (QED) is 0.221. The molecular formula is C27H35FO. The SMILES string of the molecule is CCCCCCCCCc1ccc2c(ccc3cc(OCCCC)ccc32)c1F.